The Labute approximate surface area is 210 Å². The first-order valence-corrected chi connectivity index (χ1v) is 11.7. The van der Waals surface area contributed by atoms with Gasteiger partial charge in [-0.25, -0.2) is 22.7 Å². The second kappa shape index (κ2) is 12.3. The number of hydrogen-bond donors (Lipinski definition) is 5. The number of anilines is 1. The summed E-state index contributed by atoms with van der Waals surface area (Å²) in [6, 6.07) is 11.7. The third-order valence-corrected chi connectivity index (χ3v) is 5.30. The molecule has 0 saturated heterocycles. The van der Waals surface area contributed by atoms with E-state index in [9.17, 15) is 31.2 Å². The molecule has 0 aliphatic heterocycles. The van der Waals surface area contributed by atoms with Crippen LogP contribution in [0.1, 0.15) is 36.7 Å². The molecule has 1 amide bonds. The van der Waals surface area contributed by atoms with E-state index in [0.29, 0.717) is 5.69 Å². The summed E-state index contributed by atoms with van der Waals surface area (Å²) < 4.78 is 64.0. The summed E-state index contributed by atoms with van der Waals surface area (Å²) in [5.41, 5.74) is 5.54. The number of nitrogens with two attached hydrogens (primary N) is 1. The minimum absolute atomic E-state index is 0.116. The highest BCUT2D eigenvalue weighted by molar-refractivity contribution is 7.89. The minimum atomic E-state index is -5.08. The molecule has 2 aromatic rings. The summed E-state index contributed by atoms with van der Waals surface area (Å²) in [5.74, 6) is -4.19. The van der Waals surface area contributed by atoms with Crippen molar-refractivity contribution in [3.63, 3.8) is 0 Å². The molecule has 2 rings (SSSR count). The number of carboxylic acids is 1. The maximum Gasteiger partial charge on any atom is 0.490 e. The van der Waals surface area contributed by atoms with Crippen LogP contribution in [0.3, 0.4) is 0 Å². The molecular formula is C22H25F3N4O7S. The van der Waals surface area contributed by atoms with Crippen LogP contribution in [0.15, 0.2) is 53.4 Å². The van der Waals surface area contributed by atoms with Crippen molar-refractivity contribution in [3.8, 4) is 0 Å². The molecule has 2 aromatic carbocycles. The van der Waals surface area contributed by atoms with Gasteiger partial charge in [-0.2, -0.15) is 13.2 Å². The fourth-order valence-corrected chi connectivity index (χ4v) is 3.37. The van der Waals surface area contributed by atoms with Gasteiger partial charge in [-0.15, -0.1) is 0 Å². The van der Waals surface area contributed by atoms with E-state index in [0.717, 1.165) is 0 Å². The standard InChI is InChI=1S/C20H24N4O5S.C2HF3O2/c1-20(2,3)29-19(26)14-7-4-8-15(10-14)24-17(25)12-23-30(27,28)16-9-5-6-13(11-16)18(21)22;3-2(4,5)1(6)7/h4-11,23H,12H2,1-3H3,(H3,21,22)(H,24,25);(H,6,7). The lowest BCUT2D eigenvalue weighted by molar-refractivity contribution is -0.192. The monoisotopic (exact) mass is 546 g/mol. The van der Waals surface area contributed by atoms with E-state index in [1.54, 1.807) is 39.0 Å². The van der Waals surface area contributed by atoms with E-state index in [1.165, 1.54) is 30.3 Å². The largest absolute Gasteiger partial charge is 0.490 e. The third-order valence-electron chi connectivity index (χ3n) is 3.90. The molecule has 0 aliphatic carbocycles. The van der Waals surface area contributed by atoms with Gasteiger partial charge in [0.1, 0.15) is 11.4 Å². The van der Waals surface area contributed by atoms with E-state index in [-0.39, 0.29) is 21.9 Å². The van der Waals surface area contributed by atoms with Crippen molar-refractivity contribution in [2.24, 2.45) is 5.73 Å². The van der Waals surface area contributed by atoms with Crippen molar-refractivity contribution in [1.29, 1.82) is 5.41 Å². The first-order chi connectivity index (χ1) is 16.8. The van der Waals surface area contributed by atoms with Gasteiger partial charge in [0.15, 0.2) is 0 Å². The highest BCUT2D eigenvalue weighted by Crippen LogP contribution is 2.16. The van der Waals surface area contributed by atoms with Crippen molar-refractivity contribution in [3.05, 3.63) is 59.7 Å². The van der Waals surface area contributed by atoms with Gasteiger partial charge in [-0.3, -0.25) is 10.2 Å². The number of hydrogen-bond acceptors (Lipinski definition) is 7. The molecule has 0 heterocycles. The Balaban J connectivity index is 0.000000856. The van der Waals surface area contributed by atoms with E-state index in [2.05, 4.69) is 10.0 Å². The van der Waals surface area contributed by atoms with E-state index in [1.807, 2.05) is 0 Å². The topological polar surface area (TPSA) is 189 Å². The molecule has 0 aliphatic rings. The number of rotatable bonds is 7. The molecule has 0 unspecified atom stereocenters. The minimum Gasteiger partial charge on any atom is -0.475 e. The highest BCUT2D eigenvalue weighted by Gasteiger charge is 2.38. The number of ether oxygens (including phenoxy) is 1. The van der Waals surface area contributed by atoms with Gasteiger partial charge in [0.2, 0.25) is 15.9 Å². The summed E-state index contributed by atoms with van der Waals surface area (Å²) in [7, 11) is -3.98. The zero-order valence-electron chi connectivity index (χ0n) is 19.8. The molecule has 0 bridgehead atoms. The second-order valence-electron chi connectivity index (χ2n) is 8.20. The van der Waals surface area contributed by atoms with Gasteiger partial charge in [0, 0.05) is 11.3 Å². The summed E-state index contributed by atoms with van der Waals surface area (Å²) in [4.78, 5) is 33.1. The third kappa shape index (κ3) is 11.1. The molecule has 0 aromatic heterocycles. The first kappa shape index (κ1) is 31.1. The van der Waals surface area contributed by atoms with Gasteiger partial charge in [-0.05, 0) is 51.1 Å². The lowest BCUT2D eigenvalue weighted by Crippen LogP contribution is -2.33. The maximum absolute atomic E-state index is 12.4. The Morgan fingerprint density at radius 3 is 2.08 bits per heavy atom. The summed E-state index contributed by atoms with van der Waals surface area (Å²) >= 11 is 0. The SMILES string of the molecule is CC(C)(C)OC(=O)c1cccc(NC(=O)CNS(=O)(=O)c2cccc(C(=N)N)c2)c1.O=C(O)C(F)(F)F. The smallest absolute Gasteiger partial charge is 0.475 e. The number of halogens is 3. The molecule has 6 N–H and O–H groups in total. The molecule has 202 valence electrons. The number of sulfonamides is 1. The van der Waals surface area contributed by atoms with Crippen molar-refractivity contribution < 1.29 is 45.8 Å². The number of esters is 1. The zero-order valence-corrected chi connectivity index (χ0v) is 20.7. The number of benzene rings is 2. The van der Waals surface area contributed by atoms with Crippen LogP contribution < -0.4 is 15.8 Å². The van der Waals surface area contributed by atoms with Crippen LogP contribution in [0.2, 0.25) is 0 Å². The van der Waals surface area contributed by atoms with Crippen molar-refractivity contribution in [2.75, 3.05) is 11.9 Å². The van der Waals surface area contributed by atoms with E-state index < -0.39 is 46.2 Å². The van der Waals surface area contributed by atoms with E-state index >= 15 is 0 Å². The normalized spacial score (nSPS) is 11.5. The fraction of sp³-hybridized carbons (Fsp3) is 0.273. The number of nitrogen functional groups attached to an aromatic ring is 1. The maximum atomic E-state index is 12.4. The van der Waals surface area contributed by atoms with Crippen LogP contribution in [0, 0.1) is 5.41 Å². The van der Waals surface area contributed by atoms with Crippen molar-refractivity contribution in [2.45, 2.75) is 37.4 Å². The number of amidine groups is 1. The molecule has 0 spiro atoms. The zero-order chi connectivity index (χ0) is 28.6. The Morgan fingerprint density at radius 2 is 1.57 bits per heavy atom. The number of carbonyl (C=O) groups excluding carboxylic acids is 2. The van der Waals surface area contributed by atoms with Crippen LogP contribution in [-0.2, 0) is 24.3 Å². The first-order valence-electron chi connectivity index (χ1n) is 10.2. The number of aliphatic carboxylic acids is 1. The second-order valence-corrected chi connectivity index (χ2v) is 9.97. The molecule has 0 atom stereocenters. The van der Waals surface area contributed by atoms with E-state index in [4.69, 9.17) is 25.8 Å². The van der Waals surface area contributed by atoms with Crippen LogP contribution in [0.25, 0.3) is 0 Å². The number of carboxylic acid groups (broad SMARTS) is 1. The quantitative estimate of drug-likeness (QED) is 0.199. The predicted octanol–water partition coefficient (Wildman–Crippen LogP) is 2.48. The Bertz CT molecular complexity index is 1270. The fourth-order valence-electron chi connectivity index (χ4n) is 2.34. The molecule has 11 nitrogen and oxygen atoms in total. The van der Waals surface area contributed by atoms with Crippen LogP contribution in [0.5, 0.6) is 0 Å². The Kier molecular flexibility index (Phi) is 10.3. The van der Waals surface area contributed by atoms with Crippen molar-refractivity contribution >= 4 is 39.4 Å². The molecular weight excluding hydrogens is 521 g/mol. The van der Waals surface area contributed by atoms with Crippen LogP contribution in [-0.4, -0.2) is 55.5 Å². The molecule has 37 heavy (non-hydrogen) atoms. The molecule has 0 radical (unpaired) electrons. The summed E-state index contributed by atoms with van der Waals surface area (Å²) in [5, 5.41) is 17.0. The van der Waals surface area contributed by atoms with Crippen LogP contribution >= 0.6 is 0 Å². The van der Waals surface area contributed by atoms with Gasteiger partial charge in [0.05, 0.1) is 17.0 Å². The Hall–Kier alpha value is -3.98. The number of carbonyl (C=O) groups is 3. The molecule has 15 heteroatoms. The van der Waals surface area contributed by atoms with Gasteiger partial charge >= 0.3 is 18.1 Å². The summed E-state index contributed by atoms with van der Waals surface area (Å²) in [6.07, 6.45) is -5.08. The number of alkyl halides is 3. The van der Waals surface area contributed by atoms with Gasteiger partial charge in [-0.1, -0.05) is 18.2 Å². The average Bonchev–Trinajstić information content (AvgIpc) is 2.77. The summed E-state index contributed by atoms with van der Waals surface area (Å²) in [6.45, 7) is 4.71. The number of amides is 1. The molecule has 0 saturated carbocycles. The van der Waals surface area contributed by atoms with Gasteiger partial charge in [0.25, 0.3) is 0 Å². The highest BCUT2D eigenvalue weighted by atomic mass is 32.2. The van der Waals surface area contributed by atoms with Gasteiger partial charge < -0.3 is 20.9 Å². The van der Waals surface area contributed by atoms with Crippen molar-refractivity contribution in [1.82, 2.24) is 4.72 Å². The average molecular weight is 547 g/mol. The predicted molar refractivity (Wildman–Crippen MR) is 127 cm³/mol. The van der Waals surface area contributed by atoms with Crippen LogP contribution in [0.4, 0.5) is 18.9 Å². The lowest BCUT2D eigenvalue weighted by atomic mass is 10.1. The Morgan fingerprint density at radius 1 is 1.03 bits per heavy atom. The number of nitrogens with one attached hydrogen (secondary N) is 3. The lowest BCUT2D eigenvalue weighted by Gasteiger charge is -2.19. The molecule has 0 fully saturated rings.